The second-order valence-electron chi connectivity index (χ2n) is 4.92. The van der Waals surface area contributed by atoms with E-state index in [9.17, 15) is 9.90 Å². The Morgan fingerprint density at radius 3 is 2.50 bits per heavy atom. The Morgan fingerprint density at radius 1 is 1.33 bits per heavy atom. The van der Waals surface area contributed by atoms with E-state index in [0.717, 1.165) is 5.56 Å². The van der Waals surface area contributed by atoms with E-state index in [-0.39, 0.29) is 11.9 Å². The van der Waals surface area contributed by atoms with Crippen LogP contribution in [-0.4, -0.2) is 17.7 Å². The molecule has 18 heavy (non-hydrogen) atoms. The van der Waals surface area contributed by atoms with Gasteiger partial charge in [0.15, 0.2) is 0 Å². The molecule has 0 heterocycles. The highest BCUT2D eigenvalue weighted by Gasteiger charge is 2.37. The van der Waals surface area contributed by atoms with Gasteiger partial charge in [0.25, 0.3) is 0 Å². The number of aliphatic hydroxyl groups is 1. The molecule has 1 fully saturated rings. The summed E-state index contributed by atoms with van der Waals surface area (Å²) < 4.78 is 5.03. The smallest absolute Gasteiger partial charge is 0.308 e. The molecule has 0 aliphatic heterocycles. The molecule has 0 spiro atoms. The zero-order chi connectivity index (χ0) is 13.0. The summed E-state index contributed by atoms with van der Waals surface area (Å²) in [5, 5.41) is 10.6. The molecule has 1 N–H and O–H groups in total. The predicted molar refractivity (Wildman–Crippen MR) is 68.9 cm³/mol. The van der Waals surface area contributed by atoms with Crippen molar-refractivity contribution in [3.8, 4) is 0 Å². The van der Waals surface area contributed by atoms with Crippen LogP contribution >= 0.6 is 0 Å². The van der Waals surface area contributed by atoms with Gasteiger partial charge in [-0.3, -0.25) is 4.79 Å². The lowest BCUT2D eigenvalue weighted by Gasteiger charge is -2.35. The fraction of sp³-hybridized carbons (Fsp3) is 0.533. The largest absolute Gasteiger partial charge is 0.466 e. The first-order valence-electron chi connectivity index (χ1n) is 6.60. The van der Waals surface area contributed by atoms with Crippen LogP contribution in [0.15, 0.2) is 30.3 Å². The van der Waals surface area contributed by atoms with Crippen molar-refractivity contribution in [3.63, 3.8) is 0 Å². The number of hydrogen-bond acceptors (Lipinski definition) is 3. The maximum atomic E-state index is 11.6. The molecular weight excluding hydrogens is 228 g/mol. The minimum absolute atomic E-state index is 0.0473. The Bertz CT molecular complexity index is 391. The SMILES string of the molecule is CCOC(=O)C1CCC(O)(c2ccccc2)CC1. The molecule has 0 saturated heterocycles. The predicted octanol–water partition coefficient (Wildman–Crippen LogP) is 2.63. The van der Waals surface area contributed by atoms with Gasteiger partial charge >= 0.3 is 5.97 Å². The first-order valence-corrected chi connectivity index (χ1v) is 6.60. The lowest BCUT2D eigenvalue weighted by atomic mass is 9.75. The van der Waals surface area contributed by atoms with Crippen molar-refractivity contribution in [2.45, 2.75) is 38.2 Å². The molecular formula is C15H20O3. The van der Waals surface area contributed by atoms with Crippen LogP contribution in [0.25, 0.3) is 0 Å². The minimum Gasteiger partial charge on any atom is -0.466 e. The summed E-state index contributed by atoms with van der Waals surface area (Å²) in [5.74, 6) is -0.165. The lowest BCUT2D eigenvalue weighted by Crippen LogP contribution is -2.34. The van der Waals surface area contributed by atoms with Gasteiger partial charge < -0.3 is 9.84 Å². The molecule has 1 aromatic rings. The van der Waals surface area contributed by atoms with Crippen molar-refractivity contribution < 1.29 is 14.6 Å². The molecule has 1 aromatic carbocycles. The molecule has 1 aliphatic carbocycles. The summed E-state index contributed by atoms with van der Waals surface area (Å²) in [4.78, 5) is 11.6. The maximum absolute atomic E-state index is 11.6. The maximum Gasteiger partial charge on any atom is 0.308 e. The van der Waals surface area contributed by atoms with Gasteiger partial charge in [0.1, 0.15) is 0 Å². The van der Waals surface area contributed by atoms with Gasteiger partial charge in [-0.25, -0.2) is 0 Å². The first-order chi connectivity index (χ1) is 8.65. The van der Waals surface area contributed by atoms with Crippen molar-refractivity contribution in [1.29, 1.82) is 0 Å². The van der Waals surface area contributed by atoms with E-state index >= 15 is 0 Å². The Balaban J connectivity index is 1.99. The highest BCUT2D eigenvalue weighted by Crippen LogP contribution is 2.39. The summed E-state index contributed by atoms with van der Waals surface area (Å²) in [6, 6.07) is 9.71. The molecule has 0 amide bonds. The fourth-order valence-corrected chi connectivity index (χ4v) is 2.63. The van der Waals surface area contributed by atoms with E-state index in [0.29, 0.717) is 32.3 Å². The van der Waals surface area contributed by atoms with E-state index < -0.39 is 5.60 Å². The lowest BCUT2D eigenvalue weighted by molar-refractivity contribution is -0.151. The molecule has 1 aliphatic rings. The Kier molecular flexibility index (Phi) is 4.02. The average molecular weight is 248 g/mol. The van der Waals surface area contributed by atoms with Gasteiger partial charge in [-0.15, -0.1) is 0 Å². The number of rotatable bonds is 3. The second kappa shape index (κ2) is 5.53. The molecule has 3 heteroatoms. The van der Waals surface area contributed by atoms with E-state index in [1.54, 1.807) is 0 Å². The van der Waals surface area contributed by atoms with Gasteiger partial charge in [-0.2, -0.15) is 0 Å². The number of benzene rings is 1. The van der Waals surface area contributed by atoms with Crippen molar-refractivity contribution in [3.05, 3.63) is 35.9 Å². The number of esters is 1. The molecule has 2 rings (SSSR count). The normalized spacial score (nSPS) is 27.8. The van der Waals surface area contributed by atoms with Crippen molar-refractivity contribution >= 4 is 5.97 Å². The minimum atomic E-state index is -0.774. The van der Waals surface area contributed by atoms with Crippen LogP contribution in [0.3, 0.4) is 0 Å². The van der Waals surface area contributed by atoms with Crippen LogP contribution in [0.2, 0.25) is 0 Å². The monoisotopic (exact) mass is 248 g/mol. The van der Waals surface area contributed by atoms with Crippen LogP contribution < -0.4 is 0 Å². The summed E-state index contributed by atoms with van der Waals surface area (Å²) in [6.07, 6.45) is 2.65. The second-order valence-corrected chi connectivity index (χ2v) is 4.92. The van der Waals surface area contributed by atoms with E-state index in [2.05, 4.69) is 0 Å². The van der Waals surface area contributed by atoms with Crippen LogP contribution in [0.5, 0.6) is 0 Å². The summed E-state index contributed by atoms with van der Waals surface area (Å²) in [6.45, 7) is 2.25. The molecule has 0 aromatic heterocycles. The number of ether oxygens (including phenoxy) is 1. The average Bonchev–Trinajstić information content (AvgIpc) is 2.41. The van der Waals surface area contributed by atoms with Crippen molar-refractivity contribution in [1.82, 2.24) is 0 Å². The van der Waals surface area contributed by atoms with Crippen LogP contribution in [0.4, 0.5) is 0 Å². The Labute approximate surface area is 108 Å². The van der Waals surface area contributed by atoms with Crippen LogP contribution in [-0.2, 0) is 15.1 Å². The molecule has 1 saturated carbocycles. The van der Waals surface area contributed by atoms with Crippen molar-refractivity contribution in [2.75, 3.05) is 6.61 Å². The molecule has 0 atom stereocenters. The van der Waals surface area contributed by atoms with Gasteiger partial charge in [-0.1, -0.05) is 30.3 Å². The number of carbonyl (C=O) groups excluding carboxylic acids is 1. The Hall–Kier alpha value is -1.35. The third-order valence-corrected chi connectivity index (χ3v) is 3.74. The molecule has 3 nitrogen and oxygen atoms in total. The van der Waals surface area contributed by atoms with Crippen LogP contribution in [0.1, 0.15) is 38.2 Å². The summed E-state index contributed by atoms with van der Waals surface area (Å²) >= 11 is 0. The summed E-state index contributed by atoms with van der Waals surface area (Å²) in [7, 11) is 0. The van der Waals surface area contributed by atoms with Crippen LogP contribution in [0, 0.1) is 5.92 Å². The third-order valence-electron chi connectivity index (χ3n) is 3.74. The fourth-order valence-electron chi connectivity index (χ4n) is 2.63. The van der Waals surface area contributed by atoms with Crippen molar-refractivity contribution in [2.24, 2.45) is 5.92 Å². The molecule has 98 valence electrons. The van der Waals surface area contributed by atoms with Gasteiger partial charge in [0.05, 0.1) is 18.1 Å². The highest BCUT2D eigenvalue weighted by molar-refractivity contribution is 5.72. The quantitative estimate of drug-likeness (QED) is 0.836. The first kappa shape index (κ1) is 13.1. The topological polar surface area (TPSA) is 46.5 Å². The Morgan fingerprint density at radius 2 is 1.94 bits per heavy atom. The third kappa shape index (κ3) is 2.72. The highest BCUT2D eigenvalue weighted by atomic mass is 16.5. The summed E-state index contributed by atoms with van der Waals surface area (Å²) in [5.41, 5.74) is 0.178. The van der Waals surface area contributed by atoms with Gasteiger partial charge in [0, 0.05) is 0 Å². The van der Waals surface area contributed by atoms with Gasteiger partial charge in [-0.05, 0) is 38.2 Å². The molecule has 0 unspecified atom stereocenters. The molecule has 0 bridgehead atoms. The standard InChI is InChI=1S/C15H20O3/c1-2-18-14(16)12-8-10-15(17,11-9-12)13-6-4-3-5-7-13/h3-7,12,17H,2,8-11H2,1H3. The number of hydrogen-bond donors (Lipinski definition) is 1. The zero-order valence-corrected chi connectivity index (χ0v) is 10.8. The van der Waals surface area contributed by atoms with E-state index in [4.69, 9.17) is 4.74 Å². The van der Waals surface area contributed by atoms with Gasteiger partial charge in [0.2, 0.25) is 0 Å². The zero-order valence-electron chi connectivity index (χ0n) is 10.8. The molecule has 0 radical (unpaired) electrons. The van der Waals surface area contributed by atoms with E-state index in [1.807, 2.05) is 37.3 Å². The number of carbonyl (C=O) groups is 1. The van der Waals surface area contributed by atoms with E-state index in [1.165, 1.54) is 0 Å².